The van der Waals surface area contributed by atoms with E-state index in [-0.39, 0.29) is 15.5 Å². The highest BCUT2D eigenvalue weighted by molar-refractivity contribution is 7.92. The summed E-state index contributed by atoms with van der Waals surface area (Å²) in [5.41, 5.74) is 3.27. The molecular weight excluding hydrogens is 400 g/mol. The highest BCUT2D eigenvalue weighted by Gasteiger charge is 2.20. The van der Waals surface area contributed by atoms with Gasteiger partial charge in [0.15, 0.2) is 5.82 Å². The number of sulfonamides is 1. The van der Waals surface area contributed by atoms with Crippen LogP contribution in [0, 0.1) is 20.8 Å². The molecule has 0 saturated heterocycles. The molecule has 7 nitrogen and oxygen atoms in total. The Bertz CT molecular complexity index is 1160. The Hall–Kier alpha value is -2.84. The molecule has 0 fully saturated rings. The van der Waals surface area contributed by atoms with Gasteiger partial charge in [-0.1, -0.05) is 17.7 Å². The Labute approximate surface area is 168 Å². The number of anilines is 2. The predicted octanol–water partition coefficient (Wildman–Crippen LogP) is 4.04. The van der Waals surface area contributed by atoms with E-state index >= 15 is 0 Å². The second-order valence-electron chi connectivity index (χ2n) is 6.44. The molecule has 0 unspecified atom stereocenters. The van der Waals surface area contributed by atoms with Gasteiger partial charge in [0.25, 0.3) is 15.9 Å². The summed E-state index contributed by atoms with van der Waals surface area (Å²) in [6, 6.07) is 10.9. The monoisotopic (exact) mass is 418 g/mol. The molecule has 146 valence electrons. The molecule has 3 rings (SSSR count). The van der Waals surface area contributed by atoms with Crippen molar-refractivity contribution in [1.82, 2.24) is 10.2 Å². The van der Waals surface area contributed by atoms with Crippen molar-refractivity contribution in [3.05, 3.63) is 69.9 Å². The molecule has 9 heteroatoms. The van der Waals surface area contributed by atoms with Gasteiger partial charge in [-0.05, 0) is 62.2 Å². The largest absolute Gasteiger partial charge is 0.305 e. The SMILES string of the molecule is Cc1cc(NC(=O)c2cc(S(=O)(=O)Nc3ccc(C)c(C)c3)ccc2Cl)n[nH]1. The lowest BCUT2D eigenvalue weighted by atomic mass is 10.1. The summed E-state index contributed by atoms with van der Waals surface area (Å²) in [7, 11) is -3.89. The molecule has 0 radical (unpaired) electrons. The van der Waals surface area contributed by atoms with Gasteiger partial charge in [-0.25, -0.2) is 8.42 Å². The number of hydrogen-bond acceptors (Lipinski definition) is 4. The average molecular weight is 419 g/mol. The number of H-pyrrole nitrogens is 1. The zero-order valence-electron chi connectivity index (χ0n) is 15.5. The van der Waals surface area contributed by atoms with Crippen molar-refractivity contribution in [3.63, 3.8) is 0 Å². The topological polar surface area (TPSA) is 104 Å². The number of aryl methyl sites for hydroxylation is 3. The Morgan fingerprint density at radius 3 is 2.43 bits per heavy atom. The number of amides is 1. The van der Waals surface area contributed by atoms with E-state index < -0.39 is 15.9 Å². The maximum Gasteiger partial charge on any atom is 0.261 e. The van der Waals surface area contributed by atoms with E-state index in [2.05, 4.69) is 20.2 Å². The van der Waals surface area contributed by atoms with Crippen LogP contribution in [0.3, 0.4) is 0 Å². The molecule has 0 aliphatic heterocycles. The molecule has 0 saturated carbocycles. The van der Waals surface area contributed by atoms with Gasteiger partial charge in [-0.15, -0.1) is 0 Å². The second kappa shape index (κ2) is 7.65. The Balaban J connectivity index is 1.88. The van der Waals surface area contributed by atoms with Gasteiger partial charge in [0.05, 0.1) is 15.5 Å². The molecule has 3 aromatic rings. The first-order chi connectivity index (χ1) is 13.2. The van der Waals surface area contributed by atoms with Crippen LogP contribution < -0.4 is 10.0 Å². The van der Waals surface area contributed by atoms with Crippen LogP contribution in [0.15, 0.2) is 47.4 Å². The molecular formula is C19H19ClN4O3S. The minimum absolute atomic E-state index is 0.0327. The summed E-state index contributed by atoms with van der Waals surface area (Å²) in [6.07, 6.45) is 0. The van der Waals surface area contributed by atoms with Crippen molar-refractivity contribution >= 4 is 39.0 Å². The fourth-order valence-corrected chi connectivity index (χ4v) is 3.81. The Morgan fingerprint density at radius 2 is 1.79 bits per heavy atom. The van der Waals surface area contributed by atoms with Crippen LogP contribution in [-0.4, -0.2) is 24.5 Å². The number of nitrogens with one attached hydrogen (secondary N) is 3. The van der Waals surface area contributed by atoms with Crippen LogP contribution in [0.5, 0.6) is 0 Å². The van der Waals surface area contributed by atoms with Crippen molar-refractivity contribution in [3.8, 4) is 0 Å². The Kier molecular flexibility index (Phi) is 5.44. The van der Waals surface area contributed by atoms with Crippen molar-refractivity contribution in [2.75, 3.05) is 10.0 Å². The molecule has 1 amide bonds. The van der Waals surface area contributed by atoms with Crippen LogP contribution >= 0.6 is 11.6 Å². The number of halogens is 1. The third-order valence-electron chi connectivity index (χ3n) is 4.20. The van der Waals surface area contributed by atoms with Crippen LogP contribution in [0.25, 0.3) is 0 Å². The third-order valence-corrected chi connectivity index (χ3v) is 5.91. The van der Waals surface area contributed by atoms with Crippen molar-refractivity contribution in [1.29, 1.82) is 0 Å². The number of aromatic nitrogens is 2. The molecule has 0 aliphatic rings. The lowest BCUT2D eigenvalue weighted by Crippen LogP contribution is -2.16. The molecule has 0 aliphatic carbocycles. The van der Waals surface area contributed by atoms with E-state index in [0.717, 1.165) is 16.8 Å². The van der Waals surface area contributed by atoms with Crippen LogP contribution in [0.2, 0.25) is 5.02 Å². The van der Waals surface area contributed by atoms with E-state index in [9.17, 15) is 13.2 Å². The number of carbonyl (C=O) groups is 1. The summed E-state index contributed by atoms with van der Waals surface area (Å²) in [6.45, 7) is 5.63. The van der Waals surface area contributed by atoms with Crippen LogP contribution in [-0.2, 0) is 10.0 Å². The number of rotatable bonds is 5. The van der Waals surface area contributed by atoms with Crippen molar-refractivity contribution in [2.45, 2.75) is 25.7 Å². The van der Waals surface area contributed by atoms with Gasteiger partial charge < -0.3 is 5.32 Å². The van der Waals surface area contributed by atoms with Gasteiger partial charge in [-0.3, -0.25) is 14.6 Å². The van der Waals surface area contributed by atoms with E-state index in [1.807, 2.05) is 19.9 Å². The fraction of sp³-hybridized carbons (Fsp3) is 0.158. The zero-order chi connectivity index (χ0) is 20.5. The Morgan fingerprint density at radius 1 is 1.04 bits per heavy atom. The van der Waals surface area contributed by atoms with Gasteiger partial charge in [0, 0.05) is 17.4 Å². The van der Waals surface area contributed by atoms with Gasteiger partial charge in [-0.2, -0.15) is 5.10 Å². The summed E-state index contributed by atoms with van der Waals surface area (Å²) < 4.78 is 28.0. The number of benzene rings is 2. The lowest BCUT2D eigenvalue weighted by molar-refractivity contribution is 0.102. The molecule has 0 bridgehead atoms. The minimum atomic E-state index is -3.89. The quantitative estimate of drug-likeness (QED) is 0.581. The van der Waals surface area contributed by atoms with Crippen molar-refractivity contribution < 1.29 is 13.2 Å². The van der Waals surface area contributed by atoms with Crippen molar-refractivity contribution in [2.24, 2.45) is 0 Å². The van der Waals surface area contributed by atoms with Gasteiger partial charge >= 0.3 is 0 Å². The summed E-state index contributed by atoms with van der Waals surface area (Å²) in [4.78, 5) is 12.4. The zero-order valence-corrected chi connectivity index (χ0v) is 17.1. The first-order valence-corrected chi connectivity index (χ1v) is 10.2. The third kappa shape index (κ3) is 4.35. The molecule has 0 atom stereocenters. The van der Waals surface area contributed by atoms with E-state index in [1.165, 1.54) is 18.2 Å². The normalized spacial score (nSPS) is 11.3. The first kappa shape index (κ1) is 19.9. The average Bonchev–Trinajstić information content (AvgIpc) is 3.02. The lowest BCUT2D eigenvalue weighted by Gasteiger charge is -2.11. The van der Waals surface area contributed by atoms with E-state index in [0.29, 0.717) is 11.5 Å². The number of nitrogens with zero attached hydrogens (tertiary/aromatic N) is 1. The van der Waals surface area contributed by atoms with Crippen LogP contribution in [0.4, 0.5) is 11.5 Å². The second-order valence-corrected chi connectivity index (χ2v) is 8.53. The van der Waals surface area contributed by atoms with Crippen LogP contribution in [0.1, 0.15) is 27.2 Å². The number of aromatic amines is 1. The number of hydrogen-bond donors (Lipinski definition) is 3. The van der Waals surface area contributed by atoms with Gasteiger partial charge in [0.2, 0.25) is 0 Å². The molecule has 1 heterocycles. The summed E-state index contributed by atoms with van der Waals surface area (Å²) in [5, 5.41) is 9.35. The first-order valence-electron chi connectivity index (χ1n) is 8.39. The number of carbonyl (C=O) groups excluding carboxylic acids is 1. The summed E-state index contributed by atoms with van der Waals surface area (Å²) >= 11 is 6.11. The fourth-order valence-electron chi connectivity index (χ4n) is 2.53. The van der Waals surface area contributed by atoms with E-state index in [1.54, 1.807) is 25.1 Å². The van der Waals surface area contributed by atoms with Gasteiger partial charge in [0.1, 0.15) is 0 Å². The molecule has 3 N–H and O–H groups in total. The standard InChI is InChI=1S/C19H19ClN4O3S/c1-11-4-5-14(8-12(11)2)24-28(26,27)15-6-7-17(20)16(10-15)19(25)21-18-9-13(3)22-23-18/h4-10,24H,1-3H3,(H2,21,22,23,25). The summed E-state index contributed by atoms with van der Waals surface area (Å²) in [5.74, 6) is -0.236. The maximum absolute atomic E-state index is 12.7. The molecule has 28 heavy (non-hydrogen) atoms. The molecule has 1 aromatic heterocycles. The highest BCUT2D eigenvalue weighted by Crippen LogP contribution is 2.24. The maximum atomic E-state index is 12.7. The van der Waals surface area contributed by atoms with E-state index in [4.69, 9.17) is 11.6 Å². The predicted molar refractivity (Wildman–Crippen MR) is 109 cm³/mol. The molecule has 2 aromatic carbocycles. The smallest absolute Gasteiger partial charge is 0.261 e. The minimum Gasteiger partial charge on any atom is -0.305 e. The highest BCUT2D eigenvalue weighted by atomic mass is 35.5. The molecule has 0 spiro atoms.